The molecule has 18 heavy (non-hydrogen) atoms. The number of hydrogen-bond acceptors (Lipinski definition) is 5. The van der Waals surface area contributed by atoms with Crippen molar-refractivity contribution in [3.63, 3.8) is 0 Å². The molecule has 0 unspecified atom stereocenters. The van der Waals surface area contributed by atoms with Crippen molar-refractivity contribution < 1.29 is 14.4 Å². The zero-order valence-electron chi connectivity index (χ0n) is 9.80. The lowest BCUT2D eigenvalue weighted by molar-refractivity contribution is 0.0698. The van der Waals surface area contributed by atoms with Gasteiger partial charge in [-0.25, -0.2) is 4.79 Å². The molecule has 1 aromatic heterocycles. The first kappa shape index (κ1) is 12.0. The number of nitrogen functional groups attached to an aromatic ring is 1. The standard InChI is InChI=1S/C12H13N3O3/c1-7-5-8(15-18-7)6-14-10-4-2-3-9(11(10)13)12(16)17/h2-5,14H,6,13H2,1H3,(H,16,17). The average molecular weight is 247 g/mol. The van der Waals surface area contributed by atoms with Crippen molar-refractivity contribution in [2.24, 2.45) is 0 Å². The second-order valence-corrected chi connectivity index (χ2v) is 3.85. The van der Waals surface area contributed by atoms with Gasteiger partial charge >= 0.3 is 5.97 Å². The summed E-state index contributed by atoms with van der Waals surface area (Å²) in [5.74, 6) is -0.326. The lowest BCUT2D eigenvalue weighted by Gasteiger charge is -2.09. The molecule has 0 atom stereocenters. The van der Waals surface area contributed by atoms with E-state index in [1.807, 2.05) is 0 Å². The summed E-state index contributed by atoms with van der Waals surface area (Å²) in [7, 11) is 0. The number of hydrogen-bond donors (Lipinski definition) is 3. The van der Waals surface area contributed by atoms with Crippen molar-refractivity contribution >= 4 is 17.3 Å². The van der Waals surface area contributed by atoms with Crippen molar-refractivity contribution in [2.75, 3.05) is 11.1 Å². The quantitative estimate of drug-likeness (QED) is 0.713. The number of nitrogens with one attached hydrogen (secondary N) is 1. The van der Waals surface area contributed by atoms with Crippen LogP contribution in [-0.4, -0.2) is 16.2 Å². The number of nitrogens with two attached hydrogens (primary N) is 1. The van der Waals surface area contributed by atoms with Gasteiger partial charge in [-0.2, -0.15) is 0 Å². The van der Waals surface area contributed by atoms with Crippen molar-refractivity contribution in [3.05, 3.63) is 41.3 Å². The fraction of sp³-hybridized carbons (Fsp3) is 0.167. The van der Waals surface area contributed by atoms with E-state index in [0.717, 1.165) is 11.5 Å². The summed E-state index contributed by atoms with van der Waals surface area (Å²) in [6.45, 7) is 2.22. The number of aromatic carboxylic acids is 1. The van der Waals surface area contributed by atoms with E-state index in [1.54, 1.807) is 25.1 Å². The smallest absolute Gasteiger partial charge is 0.337 e. The summed E-state index contributed by atoms with van der Waals surface area (Å²) in [6.07, 6.45) is 0. The van der Waals surface area contributed by atoms with Crippen LogP contribution in [0.15, 0.2) is 28.8 Å². The Bertz CT molecular complexity index is 578. The van der Waals surface area contributed by atoms with Gasteiger partial charge in [-0.15, -0.1) is 0 Å². The molecule has 0 bridgehead atoms. The van der Waals surface area contributed by atoms with Crippen LogP contribution < -0.4 is 11.1 Å². The van der Waals surface area contributed by atoms with Crippen molar-refractivity contribution in [2.45, 2.75) is 13.5 Å². The number of aromatic nitrogens is 1. The summed E-state index contributed by atoms with van der Waals surface area (Å²) in [4.78, 5) is 10.9. The monoisotopic (exact) mass is 247 g/mol. The normalized spacial score (nSPS) is 10.3. The van der Waals surface area contributed by atoms with Crippen LogP contribution in [-0.2, 0) is 6.54 Å². The Labute approximate surface area is 103 Å². The van der Waals surface area contributed by atoms with Crippen LogP contribution in [0.1, 0.15) is 21.8 Å². The third-order valence-electron chi connectivity index (χ3n) is 2.47. The molecule has 4 N–H and O–H groups in total. The molecule has 94 valence electrons. The van der Waals surface area contributed by atoms with Crippen LogP contribution in [0.3, 0.4) is 0 Å². The fourth-order valence-electron chi connectivity index (χ4n) is 1.59. The highest BCUT2D eigenvalue weighted by molar-refractivity contribution is 5.97. The third kappa shape index (κ3) is 2.42. The van der Waals surface area contributed by atoms with Gasteiger partial charge in [0.25, 0.3) is 0 Å². The van der Waals surface area contributed by atoms with E-state index >= 15 is 0 Å². The number of nitrogens with zero attached hydrogens (tertiary/aromatic N) is 1. The Kier molecular flexibility index (Phi) is 3.18. The van der Waals surface area contributed by atoms with Gasteiger partial charge in [0.2, 0.25) is 0 Å². The molecule has 0 amide bonds. The first-order valence-corrected chi connectivity index (χ1v) is 5.36. The van der Waals surface area contributed by atoms with Crippen LogP contribution in [0.25, 0.3) is 0 Å². The largest absolute Gasteiger partial charge is 0.478 e. The number of aryl methyl sites for hydroxylation is 1. The SMILES string of the molecule is Cc1cc(CNc2cccc(C(=O)O)c2N)no1. The van der Waals surface area contributed by atoms with Crippen LogP contribution in [0, 0.1) is 6.92 Å². The molecule has 6 heteroatoms. The second-order valence-electron chi connectivity index (χ2n) is 3.85. The highest BCUT2D eigenvalue weighted by Crippen LogP contribution is 2.23. The zero-order valence-corrected chi connectivity index (χ0v) is 9.80. The Hall–Kier alpha value is -2.50. The number of rotatable bonds is 4. The van der Waals surface area contributed by atoms with Gasteiger partial charge in [0.1, 0.15) is 11.5 Å². The van der Waals surface area contributed by atoms with E-state index in [0.29, 0.717) is 12.2 Å². The first-order chi connectivity index (χ1) is 8.58. The second kappa shape index (κ2) is 4.79. The number of carboxylic acids is 1. The lowest BCUT2D eigenvalue weighted by atomic mass is 10.1. The number of carboxylic acid groups (broad SMARTS) is 1. The van der Waals surface area contributed by atoms with Crippen molar-refractivity contribution in [3.8, 4) is 0 Å². The van der Waals surface area contributed by atoms with Gasteiger partial charge in [0, 0.05) is 6.07 Å². The third-order valence-corrected chi connectivity index (χ3v) is 2.47. The average Bonchev–Trinajstić information content (AvgIpc) is 2.73. The van der Waals surface area contributed by atoms with Gasteiger partial charge in [0.05, 0.1) is 23.5 Å². The predicted molar refractivity (Wildman–Crippen MR) is 66.4 cm³/mol. The first-order valence-electron chi connectivity index (χ1n) is 5.36. The van der Waals surface area contributed by atoms with Crippen LogP contribution in [0.2, 0.25) is 0 Å². The van der Waals surface area contributed by atoms with E-state index < -0.39 is 5.97 Å². The molecule has 0 aliphatic carbocycles. The number of carbonyl (C=O) groups is 1. The predicted octanol–water partition coefficient (Wildman–Crippen LogP) is 1.88. The van der Waals surface area contributed by atoms with Gasteiger partial charge in [0.15, 0.2) is 0 Å². The number of para-hydroxylation sites is 1. The fourth-order valence-corrected chi connectivity index (χ4v) is 1.59. The molecule has 0 spiro atoms. The molecule has 0 saturated heterocycles. The summed E-state index contributed by atoms with van der Waals surface area (Å²) in [5, 5.41) is 15.8. The topological polar surface area (TPSA) is 101 Å². The molecule has 0 saturated carbocycles. The molecule has 0 fully saturated rings. The highest BCUT2D eigenvalue weighted by Gasteiger charge is 2.11. The minimum atomic E-state index is -1.05. The zero-order chi connectivity index (χ0) is 13.1. The highest BCUT2D eigenvalue weighted by atomic mass is 16.5. The molecule has 1 heterocycles. The molecule has 1 aromatic carbocycles. The molecule has 2 rings (SSSR count). The van der Waals surface area contributed by atoms with E-state index in [-0.39, 0.29) is 11.3 Å². The number of benzene rings is 1. The van der Waals surface area contributed by atoms with Gasteiger partial charge in [-0.05, 0) is 19.1 Å². The Morgan fingerprint density at radius 1 is 1.56 bits per heavy atom. The molecule has 6 nitrogen and oxygen atoms in total. The van der Waals surface area contributed by atoms with E-state index in [9.17, 15) is 4.79 Å². The van der Waals surface area contributed by atoms with Crippen LogP contribution >= 0.6 is 0 Å². The molecule has 0 aliphatic rings. The molecule has 0 aliphatic heterocycles. The summed E-state index contributed by atoms with van der Waals surface area (Å²) >= 11 is 0. The molecule has 2 aromatic rings. The van der Waals surface area contributed by atoms with E-state index in [1.165, 1.54) is 6.07 Å². The van der Waals surface area contributed by atoms with Gasteiger partial charge in [-0.1, -0.05) is 11.2 Å². The van der Waals surface area contributed by atoms with Crippen LogP contribution in [0.5, 0.6) is 0 Å². The van der Waals surface area contributed by atoms with Crippen molar-refractivity contribution in [1.82, 2.24) is 5.16 Å². The molecular weight excluding hydrogens is 234 g/mol. The van der Waals surface area contributed by atoms with Gasteiger partial charge in [-0.3, -0.25) is 0 Å². The Morgan fingerprint density at radius 2 is 2.33 bits per heavy atom. The van der Waals surface area contributed by atoms with E-state index in [2.05, 4.69) is 10.5 Å². The maximum absolute atomic E-state index is 10.9. The summed E-state index contributed by atoms with van der Waals surface area (Å²) in [6, 6.07) is 6.61. The summed E-state index contributed by atoms with van der Waals surface area (Å²) in [5.41, 5.74) is 7.35. The number of anilines is 2. The Morgan fingerprint density at radius 3 is 2.94 bits per heavy atom. The Balaban J connectivity index is 2.14. The molecular formula is C12H13N3O3. The van der Waals surface area contributed by atoms with Crippen LogP contribution in [0.4, 0.5) is 11.4 Å². The maximum Gasteiger partial charge on any atom is 0.337 e. The minimum Gasteiger partial charge on any atom is -0.478 e. The van der Waals surface area contributed by atoms with E-state index in [4.69, 9.17) is 15.4 Å². The lowest BCUT2D eigenvalue weighted by Crippen LogP contribution is -2.07. The van der Waals surface area contributed by atoms with Crippen molar-refractivity contribution in [1.29, 1.82) is 0 Å². The maximum atomic E-state index is 10.9. The molecule has 0 radical (unpaired) electrons. The minimum absolute atomic E-state index is 0.0799. The summed E-state index contributed by atoms with van der Waals surface area (Å²) < 4.78 is 4.93. The van der Waals surface area contributed by atoms with Gasteiger partial charge < -0.3 is 20.7 Å².